The normalized spacial score (nSPS) is 14.9. The number of methoxy groups -OCH3 is 1. The zero-order chi connectivity index (χ0) is 21.0. The summed E-state index contributed by atoms with van der Waals surface area (Å²) in [5.74, 6) is -1.17. The number of anilines is 1. The van der Waals surface area contributed by atoms with Crippen molar-refractivity contribution >= 4 is 57.8 Å². The summed E-state index contributed by atoms with van der Waals surface area (Å²) in [4.78, 5) is 37.5. The second kappa shape index (κ2) is 8.89. The van der Waals surface area contributed by atoms with E-state index in [4.69, 9.17) is 22.1 Å². The van der Waals surface area contributed by atoms with Crippen LogP contribution in [-0.2, 0) is 9.59 Å². The lowest BCUT2D eigenvalue weighted by molar-refractivity contribution is -0.126. The van der Waals surface area contributed by atoms with E-state index in [2.05, 4.69) is 5.32 Å². The lowest BCUT2D eigenvalue weighted by Crippen LogP contribution is -2.36. The number of thioether (sulfide) groups is 1. The molecule has 2 N–H and O–H groups in total. The van der Waals surface area contributed by atoms with Gasteiger partial charge in [-0.15, -0.1) is 0 Å². The zero-order valence-corrected chi connectivity index (χ0v) is 16.9. The Kier molecular flexibility index (Phi) is 6.30. The standard InChI is InChI=1S/C20H16N2O5S2/c1-27-15-4-2-3-12(9-15)10-16-18(24)22(20(28)29-16)11-17(23)21-14-7-5-13(6-8-14)19(25)26/h2-10H,11H2,1H3,(H,21,23)(H,25,26). The highest BCUT2D eigenvalue weighted by atomic mass is 32.2. The van der Waals surface area contributed by atoms with E-state index < -0.39 is 11.9 Å². The Labute approximate surface area is 176 Å². The molecule has 0 atom stereocenters. The number of hydrogen-bond donors (Lipinski definition) is 2. The van der Waals surface area contributed by atoms with Gasteiger partial charge in [-0.3, -0.25) is 14.5 Å². The molecule has 148 valence electrons. The van der Waals surface area contributed by atoms with Crippen LogP contribution in [0.25, 0.3) is 6.08 Å². The van der Waals surface area contributed by atoms with Gasteiger partial charge in [0, 0.05) is 5.69 Å². The number of amides is 2. The summed E-state index contributed by atoms with van der Waals surface area (Å²) < 4.78 is 5.47. The van der Waals surface area contributed by atoms with Crippen LogP contribution in [0.5, 0.6) is 5.75 Å². The first-order chi connectivity index (χ1) is 13.9. The molecule has 1 aliphatic rings. The summed E-state index contributed by atoms with van der Waals surface area (Å²) in [6, 6.07) is 13.0. The van der Waals surface area contributed by atoms with Gasteiger partial charge < -0.3 is 15.2 Å². The van der Waals surface area contributed by atoms with Gasteiger partial charge in [-0.05, 0) is 48.0 Å². The number of aromatic carboxylic acids is 1. The smallest absolute Gasteiger partial charge is 0.335 e. The van der Waals surface area contributed by atoms with E-state index >= 15 is 0 Å². The molecule has 0 aromatic heterocycles. The van der Waals surface area contributed by atoms with Gasteiger partial charge in [0.25, 0.3) is 5.91 Å². The molecule has 1 fully saturated rings. The number of nitrogens with one attached hydrogen (secondary N) is 1. The molecule has 0 unspecified atom stereocenters. The maximum atomic E-state index is 12.7. The fourth-order valence-corrected chi connectivity index (χ4v) is 3.81. The Morgan fingerprint density at radius 2 is 1.97 bits per heavy atom. The van der Waals surface area contributed by atoms with Crippen LogP contribution in [0.1, 0.15) is 15.9 Å². The molecule has 3 rings (SSSR count). The van der Waals surface area contributed by atoms with Crippen LogP contribution < -0.4 is 10.1 Å². The van der Waals surface area contributed by atoms with Crippen LogP contribution in [-0.4, -0.2) is 45.8 Å². The quantitative estimate of drug-likeness (QED) is 0.539. The van der Waals surface area contributed by atoms with Gasteiger partial charge in [-0.25, -0.2) is 4.79 Å². The predicted octanol–water partition coefficient (Wildman–Crippen LogP) is 3.23. The molecule has 29 heavy (non-hydrogen) atoms. The SMILES string of the molecule is COc1cccc(C=C2SC(=S)N(CC(=O)Nc3ccc(C(=O)O)cc3)C2=O)c1. The highest BCUT2D eigenvalue weighted by Gasteiger charge is 2.33. The highest BCUT2D eigenvalue weighted by molar-refractivity contribution is 8.26. The number of ether oxygens (including phenoxy) is 1. The molecule has 2 amide bonds. The summed E-state index contributed by atoms with van der Waals surface area (Å²) >= 11 is 6.37. The third kappa shape index (κ3) is 5.01. The molecule has 0 radical (unpaired) electrons. The Hall–Kier alpha value is -3.17. The monoisotopic (exact) mass is 428 g/mol. The van der Waals surface area contributed by atoms with Crippen molar-refractivity contribution in [3.05, 3.63) is 64.6 Å². The Bertz CT molecular complexity index is 1020. The number of carboxylic acids is 1. The van der Waals surface area contributed by atoms with Gasteiger partial charge in [0.05, 0.1) is 17.6 Å². The van der Waals surface area contributed by atoms with Gasteiger partial charge in [-0.1, -0.05) is 36.1 Å². The first kappa shape index (κ1) is 20.6. The van der Waals surface area contributed by atoms with E-state index in [1.54, 1.807) is 25.3 Å². The fraction of sp³-hybridized carbons (Fsp3) is 0.100. The minimum Gasteiger partial charge on any atom is -0.497 e. The largest absolute Gasteiger partial charge is 0.497 e. The number of benzene rings is 2. The number of carbonyl (C=O) groups is 3. The molecule has 2 aromatic carbocycles. The molecule has 0 spiro atoms. The van der Waals surface area contributed by atoms with Crippen molar-refractivity contribution in [2.75, 3.05) is 19.0 Å². The molecule has 7 nitrogen and oxygen atoms in total. The van der Waals surface area contributed by atoms with E-state index in [1.165, 1.54) is 29.2 Å². The summed E-state index contributed by atoms with van der Waals surface area (Å²) in [6.45, 7) is -0.235. The van der Waals surface area contributed by atoms with Crippen molar-refractivity contribution in [3.8, 4) is 5.75 Å². The van der Waals surface area contributed by atoms with E-state index in [0.717, 1.165) is 17.3 Å². The molecular weight excluding hydrogens is 412 g/mol. The van der Waals surface area contributed by atoms with Crippen molar-refractivity contribution in [1.29, 1.82) is 0 Å². The van der Waals surface area contributed by atoms with E-state index in [0.29, 0.717) is 20.7 Å². The molecule has 1 heterocycles. The lowest BCUT2D eigenvalue weighted by atomic mass is 10.2. The van der Waals surface area contributed by atoms with E-state index in [1.807, 2.05) is 12.1 Å². The Balaban J connectivity index is 1.67. The zero-order valence-electron chi connectivity index (χ0n) is 15.2. The topological polar surface area (TPSA) is 95.9 Å². The maximum absolute atomic E-state index is 12.7. The Morgan fingerprint density at radius 1 is 1.24 bits per heavy atom. The number of hydrogen-bond acceptors (Lipinski definition) is 6. The van der Waals surface area contributed by atoms with Crippen molar-refractivity contribution in [2.45, 2.75) is 0 Å². The number of carbonyl (C=O) groups excluding carboxylic acids is 2. The molecule has 2 aromatic rings. The molecule has 0 bridgehead atoms. The molecule has 1 saturated heterocycles. The van der Waals surface area contributed by atoms with Crippen LogP contribution in [0.3, 0.4) is 0 Å². The number of nitrogens with zero attached hydrogens (tertiary/aromatic N) is 1. The molecular formula is C20H16N2O5S2. The minimum absolute atomic E-state index is 0.114. The average molecular weight is 428 g/mol. The van der Waals surface area contributed by atoms with Crippen LogP contribution in [0.4, 0.5) is 5.69 Å². The third-order valence-corrected chi connectivity index (χ3v) is 5.36. The summed E-state index contributed by atoms with van der Waals surface area (Å²) in [5.41, 5.74) is 1.33. The van der Waals surface area contributed by atoms with E-state index in [-0.39, 0.29) is 18.0 Å². The van der Waals surface area contributed by atoms with Crippen molar-refractivity contribution in [2.24, 2.45) is 0 Å². The first-order valence-electron chi connectivity index (χ1n) is 8.40. The van der Waals surface area contributed by atoms with Crippen molar-refractivity contribution in [1.82, 2.24) is 4.90 Å². The highest BCUT2D eigenvalue weighted by Crippen LogP contribution is 2.32. The lowest BCUT2D eigenvalue weighted by Gasteiger charge is -2.14. The van der Waals surface area contributed by atoms with Crippen molar-refractivity contribution in [3.63, 3.8) is 0 Å². The molecule has 1 aliphatic heterocycles. The summed E-state index contributed by atoms with van der Waals surface area (Å²) in [6.07, 6.45) is 1.70. The number of rotatable bonds is 6. The average Bonchev–Trinajstić information content (AvgIpc) is 2.96. The van der Waals surface area contributed by atoms with Gasteiger partial charge in [-0.2, -0.15) is 0 Å². The number of thiocarbonyl (C=S) groups is 1. The van der Waals surface area contributed by atoms with Gasteiger partial charge in [0.15, 0.2) is 0 Å². The Morgan fingerprint density at radius 3 is 2.62 bits per heavy atom. The maximum Gasteiger partial charge on any atom is 0.335 e. The number of carboxylic acid groups (broad SMARTS) is 1. The molecule has 0 saturated carbocycles. The van der Waals surface area contributed by atoms with Crippen LogP contribution in [0, 0.1) is 0 Å². The second-order valence-electron chi connectivity index (χ2n) is 5.98. The fourth-order valence-electron chi connectivity index (χ4n) is 2.56. The van der Waals surface area contributed by atoms with Crippen molar-refractivity contribution < 1.29 is 24.2 Å². The minimum atomic E-state index is -1.05. The van der Waals surface area contributed by atoms with Crippen LogP contribution in [0.2, 0.25) is 0 Å². The van der Waals surface area contributed by atoms with Gasteiger partial charge in [0.1, 0.15) is 16.6 Å². The second-order valence-corrected chi connectivity index (χ2v) is 7.65. The van der Waals surface area contributed by atoms with Gasteiger partial charge in [0.2, 0.25) is 5.91 Å². The van der Waals surface area contributed by atoms with Crippen LogP contribution in [0.15, 0.2) is 53.4 Å². The first-order valence-corrected chi connectivity index (χ1v) is 9.62. The third-order valence-electron chi connectivity index (χ3n) is 3.98. The molecule has 0 aliphatic carbocycles. The van der Waals surface area contributed by atoms with Crippen LogP contribution >= 0.6 is 24.0 Å². The van der Waals surface area contributed by atoms with E-state index in [9.17, 15) is 14.4 Å². The summed E-state index contributed by atoms with van der Waals surface area (Å²) in [7, 11) is 1.56. The van der Waals surface area contributed by atoms with Gasteiger partial charge >= 0.3 is 5.97 Å². The molecule has 9 heteroatoms. The summed E-state index contributed by atoms with van der Waals surface area (Å²) in [5, 5.41) is 11.5. The predicted molar refractivity (Wildman–Crippen MR) is 115 cm³/mol.